The summed E-state index contributed by atoms with van der Waals surface area (Å²) in [6.45, 7) is 2.99. The molecule has 0 unspecified atom stereocenters. The molecule has 1 saturated carbocycles. The lowest BCUT2D eigenvalue weighted by atomic mass is 10.4. The zero-order chi connectivity index (χ0) is 12.4. The summed E-state index contributed by atoms with van der Waals surface area (Å²) >= 11 is 0. The van der Waals surface area contributed by atoms with Crippen molar-refractivity contribution in [3.63, 3.8) is 0 Å². The van der Waals surface area contributed by atoms with Gasteiger partial charge in [0.25, 0.3) is 0 Å². The SMILES string of the molecule is Cc1cc(CNc2nnc(CNC3CC3)o2)no1. The number of nitrogens with one attached hydrogen (secondary N) is 2. The van der Waals surface area contributed by atoms with Crippen LogP contribution < -0.4 is 10.6 Å². The van der Waals surface area contributed by atoms with E-state index in [1.807, 2.05) is 13.0 Å². The highest BCUT2D eigenvalue weighted by Gasteiger charge is 2.21. The van der Waals surface area contributed by atoms with Crippen LogP contribution >= 0.6 is 0 Å². The Morgan fingerprint density at radius 3 is 2.94 bits per heavy atom. The van der Waals surface area contributed by atoms with Crippen molar-refractivity contribution in [3.05, 3.63) is 23.4 Å². The number of aryl methyl sites for hydroxylation is 1. The highest BCUT2D eigenvalue weighted by molar-refractivity contribution is 5.19. The lowest BCUT2D eigenvalue weighted by Gasteiger charge is -1.97. The maximum Gasteiger partial charge on any atom is 0.315 e. The van der Waals surface area contributed by atoms with Gasteiger partial charge in [0.15, 0.2) is 0 Å². The summed E-state index contributed by atoms with van der Waals surface area (Å²) in [6, 6.07) is 2.90. The molecule has 0 aromatic carbocycles. The first-order valence-corrected chi connectivity index (χ1v) is 6.01. The van der Waals surface area contributed by atoms with Gasteiger partial charge < -0.3 is 19.6 Å². The molecule has 0 atom stereocenters. The Morgan fingerprint density at radius 1 is 1.33 bits per heavy atom. The van der Waals surface area contributed by atoms with Gasteiger partial charge in [0.05, 0.1) is 13.1 Å². The van der Waals surface area contributed by atoms with Crippen LogP contribution in [-0.4, -0.2) is 21.4 Å². The van der Waals surface area contributed by atoms with Crippen molar-refractivity contribution < 1.29 is 8.94 Å². The van der Waals surface area contributed by atoms with E-state index in [1.165, 1.54) is 12.8 Å². The van der Waals surface area contributed by atoms with Crippen LogP contribution in [0.1, 0.15) is 30.2 Å². The number of nitrogens with zero attached hydrogens (tertiary/aromatic N) is 3. The van der Waals surface area contributed by atoms with Gasteiger partial charge in [-0.1, -0.05) is 10.3 Å². The van der Waals surface area contributed by atoms with Gasteiger partial charge >= 0.3 is 6.01 Å². The summed E-state index contributed by atoms with van der Waals surface area (Å²) < 4.78 is 10.4. The fourth-order valence-corrected chi connectivity index (χ4v) is 1.58. The van der Waals surface area contributed by atoms with Crippen molar-refractivity contribution in [2.45, 2.75) is 38.9 Å². The second kappa shape index (κ2) is 4.77. The minimum Gasteiger partial charge on any atom is -0.407 e. The number of hydrogen-bond acceptors (Lipinski definition) is 7. The van der Waals surface area contributed by atoms with Gasteiger partial charge in [-0.25, -0.2) is 0 Å². The van der Waals surface area contributed by atoms with Crippen molar-refractivity contribution >= 4 is 6.01 Å². The molecule has 0 saturated heterocycles. The summed E-state index contributed by atoms with van der Waals surface area (Å²) in [6.07, 6.45) is 2.48. The van der Waals surface area contributed by atoms with Gasteiger partial charge in [-0.15, -0.1) is 5.10 Å². The standard InChI is InChI=1S/C11H15N5O2/c1-7-4-9(16-18-7)5-13-11-15-14-10(17-11)6-12-8-2-3-8/h4,8,12H,2-3,5-6H2,1H3,(H,13,15). The summed E-state index contributed by atoms with van der Waals surface area (Å²) in [7, 11) is 0. The van der Waals surface area contributed by atoms with Gasteiger partial charge in [0.1, 0.15) is 11.5 Å². The third-order valence-corrected chi connectivity index (χ3v) is 2.68. The van der Waals surface area contributed by atoms with Crippen LogP contribution in [0.2, 0.25) is 0 Å². The zero-order valence-corrected chi connectivity index (χ0v) is 10.1. The maximum atomic E-state index is 5.44. The van der Waals surface area contributed by atoms with E-state index in [4.69, 9.17) is 8.94 Å². The molecule has 2 aromatic heterocycles. The average Bonchev–Trinajstić information content (AvgIpc) is 2.93. The van der Waals surface area contributed by atoms with E-state index in [2.05, 4.69) is 26.0 Å². The van der Waals surface area contributed by atoms with E-state index in [-0.39, 0.29) is 0 Å². The highest BCUT2D eigenvalue weighted by Crippen LogP contribution is 2.19. The van der Waals surface area contributed by atoms with Gasteiger partial charge in [-0.3, -0.25) is 0 Å². The summed E-state index contributed by atoms with van der Waals surface area (Å²) in [5.41, 5.74) is 0.809. The topological polar surface area (TPSA) is 89.0 Å². The monoisotopic (exact) mass is 249 g/mol. The van der Waals surface area contributed by atoms with E-state index in [0.717, 1.165) is 11.5 Å². The second-order valence-corrected chi connectivity index (χ2v) is 4.44. The van der Waals surface area contributed by atoms with Crippen molar-refractivity contribution in [2.24, 2.45) is 0 Å². The molecule has 3 rings (SSSR count). The Labute approximate surface area is 104 Å². The smallest absolute Gasteiger partial charge is 0.315 e. The van der Waals surface area contributed by atoms with Crippen molar-refractivity contribution in [1.29, 1.82) is 0 Å². The third kappa shape index (κ3) is 2.86. The number of rotatable bonds is 6. The van der Waals surface area contributed by atoms with E-state index >= 15 is 0 Å². The molecule has 1 aliphatic carbocycles. The summed E-state index contributed by atoms with van der Waals surface area (Å²) in [4.78, 5) is 0. The van der Waals surface area contributed by atoms with E-state index in [9.17, 15) is 0 Å². The van der Waals surface area contributed by atoms with Gasteiger partial charge in [-0.05, 0) is 19.8 Å². The van der Waals surface area contributed by atoms with Crippen molar-refractivity contribution in [2.75, 3.05) is 5.32 Å². The summed E-state index contributed by atoms with van der Waals surface area (Å²) in [5.74, 6) is 1.38. The lowest BCUT2D eigenvalue weighted by molar-refractivity contribution is 0.391. The predicted molar refractivity (Wildman–Crippen MR) is 62.7 cm³/mol. The van der Waals surface area contributed by atoms with Gasteiger partial charge in [0, 0.05) is 12.1 Å². The number of aromatic nitrogens is 3. The average molecular weight is 249 g/mol. The fourth-order valence-electron chi connectivity index (χ4n) is 1.58. The Morgan fingerprint density at radius 2 is 2.22 bits per heavy atom. The van der Waals surface area contributed by atoms with Crippen LogP contribution in [-0.2, 0) is 13.1 Å². The summed E-state index contributed by atoms with van der Waals surface area (Å²) in [5, 5.41) is 18.0. The molecular formula is C11H15N5O2. The lowest BCUT2D eigenvalue weighted by Crippen LogP contribution is -2.15. The predicted octanol–water partition coefficient (Wildman–Crippen LogP) is 1.23. The molecule has 7 nitrogen and oxygen atoms in total. The minimum atomic E-state index is 0.406. The molecular weight excluding hydrogens is 234 g/mol. The van der Waals surface area contributed by atoms with Crippen LogP contribution in [0.3, 0.4) is 0 Å². The Hall–Kier alpha value is -1.89. The quantitative estimate of drug-likeness (QED) is 0.795. The van der Waals surface area contributed by atoms with E-state index in [0.29, 0.717) is 31.0 Å². The molecule has 2 N–H and O–H groups in total. The minimum absolute atomic E-state index is 0.406. The Balaban J connectivity index is 1.49. The van der Waals surface area contributed by atoms with Gasteiger partial charge in [0.2, 0.25) is 5.89 Å². The first kappa shape index (κ1) is 11.2. The fraction of sp³-hybridized carbons (Fsp3) is 0.545. The maximum absolute atomic E-state index is 5.44. The normalized spacial score (nSPS) is 14.9. The first-order valence-electron chi connectivity index (χ1n) is 6.01. The molecule has 1 aliphatic rings. The molecule has 0 amide bonds. The van der Waals surface area contributed by atoms with Crippen LogP contribution in [0.15, 0.2) is 15.0 Å². The number of anilines is 1. The highest BCUT2D eigenvalue weighted by atomic mass is 16.5. The Kier molecular flexibility index (Phi) is 2.97. The van der Waals surface area contributed by atoms with Crippen LogP contribution in [0.25, 0.3) is 0 Å². The molecule has 96 valence electrons. The Bertz CT molecular complexity index is 517. The first-order chi connectivity index (χ1) is 8.79. The molecule has 18 heavy (non-hydrogen) atoms. The van der Waals surface area contributed by atoms with E-state index in [1.54, 1.807) is 0 Å². The molecule has 1 fully saturated rings. The largest absolute Gasteiger partial charge is 0.407 e. The molecule has 0 radical (unpaired) electrons. The van der Waals surface area contributed by atoms with Gasteiger partial charge in [-0.2, -0.15) is 0 Å². The second-order valence-electron chi connectivity index (χ2n) is 4.44. The zero-order valence-electron chi connectivity index (χ0n) is 10.1. The molecule has 0 spiro atoms. The molecule has 2 aromatic rings. The van der Waals surface area contributed by atoms with Crippen molar-refractivity contribution in [3.8, 4) is 0 Å². The molecule has 0 bridgehead atoms. The third-order valence-electron chi connectivity index (χ3n) is 2.68. The van der Waals surface area contributed by atoms with Crippen molar-refractivity contribution in [1.82, 2.24) is 20.7 Å². The number of hydrogen-bond donors (Lipinski definition) is 2. The van der Waals surface area contributed by atoms with Crippen LogP contribution in [0.5, 0.6) is 0 Å². The van der Waals surface area contributed by atoms with Crippen LogP contribution in [0, 0.1) is 6.92 Å². The van der Waals surface area contributed by atoms with Crippen LogP contribution in [0.4, 0.5) is 6.01 Å². The molecule has 7 heteroatoms. The molecule has 0 aliphatic heterocycles. The van der Waals surface area contributed by atoms with E-state index < -0.39 is 0 Å². The molecule has 2 heterocycles.